The molecule has 0 bridgehead atoms. The molecule has 1 N–H and O–H groups in total. The molecule has 2 heteroatoms. The molecule has 0 unspecified atom stereocenters. The molecule has 128 valence electrons. The van der Waals surface area contributed by atoms with Crippen molar-refractivity contribution in [2.45, 2.75) is 39.2 Å². The predicted octanol–water partition coefficient (Wildman–Crippen LogP) is 4.83. The summed E-state index contributed by atoms with van der Waals surface area (Å²) in [4.78, 5) is 12.4. The molecule has 0 aliphatic carbocycles. The van der Waals surface area contributed by atoms with E-state index in [0.717, 1.165) is 18.4 Å². The molecule has 0 fully saturated rings. The maximum atomic E-state index is 12.4. The lowest BCUT2D eigenvalue weighted by Gasteiger charge is -2.17. The highest BCUT2D eigenvalue weighted by molar-refractivity contribution is 5.83. The molecular formula is C23H25NO. The van der Waals surface area contributed by atoms with E-state index in [4.69, 9.17) is 0 Å². The third kappa shape index (κ3) is 4.69. The van der Waals surface area contributed by atoms with Crippen LogP contribution >= 0.6 is 0 Å². The average Bonchev–Trinajstić information content (AvgIpc) is 2.61. The monoisotopic (exact) mass is 331 g/mol. The Morgan fingerprint density at radius 3 is 2.48 bits per heavy atom. The lowest BCUT2D eigenvalue weighted by Crippen LogP contribution is -2.36. The minimum absolute atomic E-state index is 0.0956. The Hall–Kier alpha value is -2.61. The Kier molecular flexibility index (Phi) is 5.49. The zero-order valence-electron chi connectivity index (χ0n) is 15.0. The van der Waals surface area contributed by atoms with E-state index in [-0.39, 0.29) is 11.9 Å². The first-order chi connectivity index (χ1) is 12.1. The van der Waals surface area contributed by atoms with Gasteiger partial charge in [-0.3, -0.25) is 4.79 Å². The average molecular weight is 331 g/mol. The molecular weight excluding hydrogens is 306 g/mol. The Morgan fingerprint density at radius 2 is 1.72 bits per heavy atom. The van der Waals surface area contributed by atoms with Crippen LogP contribution in [0.4, 0.5) is 0 Å². The van der Waals surface area contributed by atoms with Gasteiger partial charge < -0.3 is 5.32 Å². The van der Waals surface area contributed by atoms with Gasteiger partial charge in [-0.2, -0.15) is 0 Å². The molecule has 0 heterocycles. The quantitative estimate of drug-likeness (QED) is 0.689. The van der Waals surface area contributed by atoms with Gasteiger partial charge in [-0.25, -0.2) is 0 Å². The van der Waals surface area contributed by atoms with Crippen molar-refractivity contribution in [2.24, 2.45) is 0 Å². The molecule has 25 heavy (non-hydrogen) atoms. The van der Waals surface area contributed by atoms with Crippen LogP contribution in [0.15, 0.2) is 66.7 Å². The van der Waals surface area contributed by atoms with E-state index in [2.05, 4.69) is 73.8 Å². The first kappa shape index (κ1) is 17.2. The van der Waals surface area contributed by atoms with Crippen LogP contribution in [0.25, 0.3) is 10.8 Å². The number of amides is 1. The highest BCUT2D eigenvalue weighted by Gasteiger charge is 2.12. The third-order valence-corrected chi connectivity index (χ3v) is 4.60. The summed E-state index contributed by atoms with van der Waals surface area (Å²) in [5.41, 5.74) is 3.52. The van der Waals surface area contributed by atoms with Crippen LogP contribution in [-0.2, 0) is 17.6 Å². The van der Waals surface area contributed by atoms with Crippen molar-refractivity contribution in [2.75, 3.05) is 0 Å². The molecule has 0 aliphatic heterocycles. The molecule has 0 aromatic heterocycles. The fraction of sp³-hybridized carbons (Fsp3) is 0.261. The molecule has 0 saturated carbocycles. The third-order valence-electron chi connectivity index (χ3n) is 4.60. The second-order valence-corrected chi connectivity index (χ2v) is 6.72. The number of fused-ring (bicyclic) bond motifs is 1. The van der Waals surface area contributed by atoms with E-state index in [1.54, 1.807) is 0 Å². The summed E-state index contributed by atoms with van der Waals surface area (Å²) in [6.07, 6.45) is 2.23. The summed E-state index contributed by atoms with van der Waals surface area (Å²) in [6.45, 7) is 4.18. The molecule has 0 radical (unpaired) electrons. The zero-order chi connectivity index (χ0) is 17.6. The number of carbonyl (C=O) groups is 1. The normalized spacial score (nSPS) is 12.1. The maximum Gasteiger partial charge on any atom is 0.224 e. The van der Waals surface area contributed by atoms with Crippen molar-refractivity contribution in [3.05, 3.63) is 83.4 Å². The number of hydrogen-bond acceptors (Lipinski definition) is 1. The molecule has 2 nitrogen and oxygen atoms in total. The molecule has 3 aromatic rings. The van der Waals surface area contributed by atoms with Gasteiger partial charge in [0.1, 0.15) is 0 Å². The van der Waals surface area contributed by atoms with Gasteiger partial charge in [0.25, 0.3) is 0 Å². The molecule has 3 aromatic carbocycles. The Balaban J connectivity index is 1.64. The second-order valence-electron chi connectivity index (χ2n) is 6.72. The minimum atomic E-state index is 0.0956. The van der Waals surface area contributed by atoms with E-state index in [1.807, 2.05) is 12.1 Å². The van der Waals surface area contributed by atoms with Crippen molar-refractivity contribution in [1.29, 1.82) is 0 Å². The smallest absolute Gasteiger partial charge is 0.224 e. The van der Waals surface area contributed by atoms with Crippen LogP contribution in [0.1, 0.15) is 30.0 Å². The van der Waals surface area contributed by atoms with E-state index >= 15 is 0 Å². The predicted molar refractivity (Wildman–Crippen MR) is 105 cm³/mol. The van der Waals surface area contributed by atoms with Crippen LogP contribution in [0.5, 0.6) is 0 Å². The van der Waals surface area contributed by atoms with Crippen LogP contribution in [0, 0.1) is 6.92 Å². The largest absolute Gasteiger partial charge is 0.353 e. The Bertz CT molecular complexity index is 869. The van der Waals surface area contributed by atoms with Gasteiger partial charge in [-0.15, -0.1) is 0 Å². The summed E-state index contributed by atoms with van der Waals surface area (Å²) in [5.74, 6) is 0.0956. The highest BCUT2D eigenvalue weighted by Crippen LogP contribution is 2.17. The SMILES string of the molecule is CC[C@H](Cc1ccc2ccccc2c1)NC(=O)Cc1cccc(C)c1. The number of hydrogen-bond donors (Lipinski definition) is 1. The molecule has 1 amide bonds. The van der Waals surface area contributed by atoms with Crippen molar-refractivity contribution in [1.82, 2.24) is 5.32 Å². The lowest BCUT2D eigenvalue weighted by molar-refractivity contribution is -0.121. The minimum Gasteiger partial charge on any atom is -0.353 e. The van der Waals surface area contributed by atoms with Gasteiger partial charge in [0, 0.05) is 6.04 Å². The number of benzene rings is 3. The fourth-order valence-corrected chi connectivity index (χ4v) is 3.23. The summed E-state index contributed by atoms with van der Waals surface area (Å²) >= 11 is 0. The van der Waals surface area contributed by atoms with E-state index in [9.17, 15) is 4.79 Å². The first-order valence-electron chi connectivity index (χ1n) is 8.96. The van der Waals surface area contributed by atoms with Crippen molar-refractivity contribution in [3.8, 4) is 0 Å². The van der Waals surface area contributed by atoms with Gasteiger partial charge in [-0.1, -0.05) is 79.2 Å². The van der Waals surface area contributed by atoms with E-state index in [0.29, 0.717) is 6.42 Å². The molecule has 3 rings (SSSR count). The zero-order valence-corrected chi connectivity index (χ0v) is 15.0. The number of rotatable bonds is 6. The topological polar surface area (TPSA) is 29.1 Å². The van der Waals surface area contributed by atoms with Gasteiger partial charge in [0.2, 0.25) is 5.91 Å². The van der Waals surface area contributed by atoms with E-state index < -0.39 is 0 Å². The number of aryl methyl sites for hydroxylation is 1. The summed E-state index contributed by atoms with van der Waals surface area (Å²) < 4.78 is 0. The highest BCUT2D eigenvalue weighted by atomic mass is 16.1. The van der Waals surface area contributed by atoms with E-state index in [1.165, 1.54) is 21.9 Å². The van der Waals surface area contributed by atoms with Crippen molar-refractivity contribution >= 4 is 16.7 Å². The van der Waals surface area contributed by atoms with Gasteiger partial charge in [0.15, 0.2) is 0 Å². The van der Waals surface area contributed by atoms with Crippen LogP contribution in [-0.4, -0.2) is 11.9 Å². The van der Waals surface area contributed by atoms with Gasteiger partial charge in [0.05, 0.1) is 6.42 Å². The summed E-state index contributed by atoms with van der Waals surface area (Å²) in [6, 6.07) is 23.2. The van der Waals surface area contributed by atoms with Crippen LogP contribution in [0.3, 0.4) is 0 Å². The second kappa shape index (κ2) is 7.98. The van der Waals surface area contributed by atoms with Crippen molar-refractivity contribution < 1.29 is 4.79 Å². The first-order valence-corrected chi connectivity index (χ1v) is 8.96. The fourth-order valence-electron chi connectivity index (χ4n) is 3.23. The maximum absolute atomic E-state index is 12.4. The number of nitrogens with one attached hydrogen (secondary N) is 1. The van der Waals surface area contributed by atoms with Crippen molar-refractivity contribution in [3.63, 3.8) is 0 Å². The summed E-state index contributed by atoms with van der Waals surface area (Å²) in [7, 11) is 0. The molecule has 0 spiro atoms. The standard InChI is InChI=1S/C23H25NO/c1-3-22(24-23(25)16-18-8-6-7-17(2)13-18)15-19-11-12-20-9-4-5-10-21(20)14-19/h4-14,22H,3,15-16H2,1-2H3,(H,24,25)/t22-/m1/s1. The molecule has 0 aliphatic rings. The molecule has 1 atom stereocenters. The van der Waals surface area contributed by atoms with Gasteiger partial charge in [-0.05, 0) is 41.7 Å². The van der Waals surface area contributed by atoms with Gasteiger partial charge >= 0.3 is 0 Å². The molecule has 0 saturated heterocycles. The van der Waals surface area contributed by atoms with Crippen LogP contribution < -0.4 is 5.32 Å². The summed E-state index contributed by atoms with van der Waals surface area (Å²) in [5, 5.41) is 5.70. The number of carbonyl (C=O) groups excluding carboxylic acids is 1. The van der Waals surface area contributed by atoms with Crippen LogP contribution in [0.2, 0.25) is 0 Å². The Labute approximate surface area is 149 Å². The lowest BCUT2D eigenvalue weighted by atomic mass is 10.00. The Morgan fingerprint density at radius 1 is 0.920 bits per heavy atom.